The molecule has 0 aliphatic carbocycles. The lowest BCUT2D eigenvalue weighted by atomic mass is 10.1. The molecule has 0 bridgehead atoms. The van der Waals surface area contributed by atoms with Crippen LogP contribution in [-0.2, 0) is 14.3 Å². The third-order valence-corrected chi connectivity index (χ3v) is 3.93. The highest BCUT2D eigenvalue weighted by molar-refractivity contribution is 6.35. The van der Waals surface area contributed by atoms with Crippen molar-refractivity contribution in [3.05, 3.63) is 33.8 Å². The molecule has 1 heterocycles. The minimum atomic E-state index is -0.612. The summed E-state index contributed by atoms with van der Waals surface area (Å²) in [5.74, 6) is -0.347. The largest absolute Gasteiger partial charge is 0.465 e. The van der Waals surface area contributed by atoms with Crippen molar-refractivity contribution in [2.45, 2.75) is 31.9 Å². The SMILES string of the molecule is CCOC(=O)C(NCC1CCCO1)c1ccc(Cl)cc1Cl. The predicted octanol–water partition coefficient (Wildman–Crippen LogP) is 3.37. The Balaban J connectivity index is 2.12. The molecule has 0 saturated carbocycles. The summed E-state index contributed by atoms with van der Waals surface area (Å²) in [7, 11) is 0. The molecule has 1 aliphatic heterocycles. The second-order valence-electron chi connectivity index (χ2n) is 4.89. The molecular formula is C15H19Cl2NO3. The van der Waals surface area contributed by atoms with Crippen LogP contribution in [0.4, 0.5) is 0 Å². The van der Waals surface area contributed by atoms with E-state index >= 15 is 0 Å². The lowest BCUT2D eigenvalue weighted by Gasteiger charge is -2.20. The van der Waals surface area contributed by atoms with Gasteiger partial charge < -0.3 is 9.47 Å². The Hall–Kier alpha value is -0.810. The van der Waals surface area contributed by atoms with Crippen molar-refractivity contribution in [1.82, 2.24) is 5.32 Å². The van der Waals surface area contributed by atoms with E-state index in [-0.39, 0.29) is 12.1 Å². The van der Waals surface area contributed by atoms with Crippen LogP contribution in [0.2, 0.25) is 10.0 Å². The first-order valence-electron chi connectivity index (χ1n) is 7.08. The number of hydrogen-bond acceptors (Lipinski definition) is 4. The predicted molar refractivity (Wildman–Crippen MR) is 82.8 cm³/mol. The summed E-state index contributed by atoms with van der Waals surface area (Å²) in [6, 6.07) is 4.47. The van der Waals surface area contributed by atoms with Crippen molar-refractivity contribution < 1.29 is 14.3 Å². The molecule has 0 aromatic heterocycles. The lowest BCUT2D eigenvalue weighted by molar-refractivity contribution is -0.146. The van der Waals surface area contributed by atoms with Crippen LogP contribution >= 0.6 is 23.2 Å². The summed E-state index contributed by atoms with van der Waals surface area (Å²) in [4.78, 5) is 12.2. The fraction of sp³-hybridized carbons (Fsp3) is 0.533. The van der Waals surface area contributed by atoms with Crippen molar-refractivity contribution >= 4 is 29.2 Å². The van der Waals surface area contributed by atoms with Crippen LogP contribution in [0, 0.1) is 0 Å². The Morgan fingerprint density at radius 3 is 2.95 bits per heavy atom. The van der Waals surface area contributed by atoms with Gasteiger partial charge in [0.1, 0.15) is 6.04 Å². The maximum atomic E-state index is 12.2. The van der Waals surface area contributed by atoms with Crippen LogP contribution < -0.4 is 5.32 Å². The van der Waals surface area contributed by atoms with Gasteiger partial charge in [0.2, 0.25) is 0 Å². The molecular weight excluding hydrogens is 313 g/mol. The van der Waals surface area contributed by atoms with E-state index in [0.717, 1.165) is 19.4 Å². The maximum absolute atomic E-state index is 12.2. The molecule has 1 aromatic rings. The third kappa shape index (κ3) is 4.58. The van der Waals surface area contributed by atoms with Gasteiger partial charge in [-0.1, -0.05) is 29.3 Å². The van der Waals surface area contributed by atoms with Crippen molar-refractivity contribution in [1.29, 1.82) is 0 Å². The average Bonchev–Trinajstić information content (AvgIpc) is 2.94. The highest BCUT2D eigenvalue weighted by Crippen LogP contribution is 2.27. The van der Waals surface area contributed by atoms with E-state index in [1.807, 2.05) is 0 Å². The van der Waals surface area contributed by atoms with Gasteiger partial charge in [-0.2, -0.15) is 0 Å². The fourth-order valence-electron chi connectivity index (χ4n) is 2.34. The van der Waals surface area contributed by atoms with E-state index in [9.17, 15) is 4.79 Å². The van der Waals surface area contributed by atoms with Gasteiger partial charge in [0.05, 0.1) is 12.7 Å². The Morgan fingerprint density at radius 2 is 2.33 bits per heavy atom. The van der Waals surface area contributed by atoms with Gasteiger partial charge in [0.15, 0.2) is 0 Å². The first kappa shape index (κ1) is 16.6. The van der Waals surface area contributed by atoms with Crippen LogP contribution in [0.1, 0.15) is 31.4 Å². The van der Waals surface area contributed by atoms with E-state index in [0.29, 0.717) is 28.8 Å². The summed E-state index contributed by atoms with van der Waals surface area (Å²) >= 11 is 12.1. The van der Waals surface area contributed by atoms with Gasteiger partial charge in [-0.25, -0.2) is 4.79 Å². The van der Waals surface area contributed by atoms with E-state index in [1.54, 1.807) is 25.1 Å². The number of carbonyl (C=O) groups is 1. The van der Waals surface area contributed by atoms with Crippen molar-refractivity contribution in [3.8, 4) is 0 Å². The highest BCUT2D eigenvalue weighted by atomic mass is 35.5. The molecule has 2 rings (SSSR count). The smallest absolute Gasteiger partial charge is 0.327 e. The number of carbonyl (C=O) groups excluding carboxylic acids is 1. The third-order valence-electron chi connectivity index (χ3n) is 3.37. The zero-order valence-electron chi connectivity index (χ0n) is 11.9. The molecule has 1 aromatic carbocycles. The summed E-state index contributed by atoms with van der Waals surface area (Å²) in [5.41, 5.74) is 0.664. The van der Waals surface area contributed by atoms with Gasteiger partial charge in [-0.15, -0.1) is 0 Å². The Labute approximate surface area is 134 Å². The zero-order chi connectivity index (χ0) is 15.2. The van der Waals surface area contributed by atoms with E-state index in [2.05, 4.69) is 5.32 Å². The van der Waals surface area contributed by atoms with Gasteiger partial charge in [0, 0.05) is 23.2 Å². The standard InChI is InChI=1S/C15H19Cl2NO3/c1-2-20-15(19)14(18-9-11-4-3-7-21-11)12-6-5-10(16)8-13(12)17/h5-6,8,11,14,18H,2-4,7,9H2,1H3. The van der Waals surface area contributed by atoms with Crippen LogP contribution in [0.25, 0.3) is 0 Å². The molecule has 2 unspecified atom stereocenters. The van der Waals surface area contributed by atoms with Crippen LogP contribution in [0.15, 0.2) is 18.2 Å². The molecule has 0 amide bonds. The number of nitrogens with one attached hydrogen (secondary N) is 1. The number of esters is 1. The van der Waals surface area contributed by atoms with Crippen molar-refractivity contribution in [2.24, 2.45) is 0 Å². The molecule has 1 aliphatic rings. The van der Waals surface area contributed by atoms with Gasteiger partial charge in [-0.3, -0.25) is 5.32 Å². The monoisotopic (exact) mass is 331 g/mol. The number of rotatable bonds is 6. The Kier molecular flexibility index (Phi) is 6.30. The molecule has 4 nitrogen and oxygen atoms in total. The average molecular weight is 332 g/mol. The molecule has 0 spiro atoms. The molecule has 1 N–H and O–H groups in total. The first-order chi connectivity index (χ1) is 10.1. The van der Waals surface area contributed by atoms with Crippen molar-refractivity contribution in [3.63, 3.8) is 0 Å². The fourth-order valence-corrected chi connectivity index (χ4v) is 2.85. The molecule has 2 atom stereocenters. The Morgan fingerprint density at radius 1 is 1.52 bits per heavy atom. The number of halogens is 2. The van der Waals surface area contributed by atoms with Crippen LogP contribution in [0.5, 0.6) is 0 Å². The normalized spacial score (nSPS) is 19.5. The summed E-state index contributed by atoms with van der Waals surface area (Å²) < 4.78 is 10.7. The molecule has 21 heavy (non-hydrogen) atoms. The number of benzene rings is 1. The number of hydrogen-bond donors (Lipinski definition) is 1. The minimum Gasteiger partial charge on any atom is -0.465 e. The summed E-state index contributed by atoms with van der Waals surface area (Å²) in [5, 5.41) is 4.17. The van der Waals surface area contributed by atoms with E-state index in [1.165, 1.54) is 0 Å². The molecule has 116 valence electrons. The molecule has 1 fully saturated rings. The van der Waals surface area contributed by atoms with E-state index < -0.39 is 6.04 Å². The molecule has 0 radical (unpaired) electrons. The minimum absolute atomic E-state index is 0.132. The van der Waals surface area contributed by atoms with Crippen LogP contribution in [0.3, 0.4) is 0 Å². The maximum Gasteiger partial charge on any atom is 0.327 e. The van der Waals surface area contributed by atoms with Gasteiger partial charge in [0.25, 0.3) is 0 Å². The second-order valence-corrected chi connectivity index (χ2v) is 5.74. The topological polar surface area (TPSA) is 47.6 Å². The quantitative estimate of drug-likeness (QED) is 0.812. The summed E-state index contributed by atoms with van der Waals surface area (Å²) in [6.07, 6.45) is 2.18. The lowest BCUT2D eigenvalue weighted by Crippen LogP contribution is -2.35. The summed E-state index contributed by atoms with van der Waals surface area (Å²) in [6.45, 7) is 3.46. The Bertz CT molecular complexity index is 490. The molecule has 1 saturated heterocycles. The first-order valence-corrected chi connectivity index (χ1v) is 7.84. The highest BCUT2D eigenvalue weighted by Gasteiger charge is 2.26. The van der Waals surface area contributed by atoms with Gasteiger partial charge in [-0.05, 0) is 37.5 Å². The number of ether oxygens (including phenoxy) is 2. The second kappa shape index (κ2) is 7.99. The van der Waals surface area contributed by atoms with E-state index in [4.69, 9.17) is 32.7 Å². The van der Waals surface area contributed by atoms with Crippen molar-refractivity contribution in [2.75, 3.05) is 19.8 Å². The molecule has 6 heteroatoms. The van der Waals surface area contributed by atoms with Crippen LogP contribution in [-0.4, -0.2) is 31.8 Å². The van der Waals surface area contributed by atoms with Gasteiger partial charge >= 0.3 is 5.97 Å². The zero-order valence-corrected chi connectivity index (χ0v) is 13.4.